The third kappa shape index (κ3) is 5.24. The van der Waals surface area contributed by atoms with Crippen LogP contribution >= 0.6 is 0 Å². The fraction of sp³-hybridized carbons (Fsp3) is 0.571. The molecule has 0 bridgehead atoms. The highest BCUT2D eigenvalue weighted by atomic mass is 16.6. The van der Waals surface area contributed by atoms with E-state index in [1.54, 1.807) is 25.7 Å². The van der Waals surface area contributed by atoms with E-state index in [0.717, 1.165) is 11.1 Å². The number of carbonyl (C=O) groups is 3. The molecule has 3 amide bonds. The van der Waals surface area contributed by atoms with Gasteiger partial charge in [0.25, 0.3) is 0 Å². The second-order valence-corrected chi connectivity index (χ2v) is 9.22. The third-order valence-corrected chi connectivity index (χ3v) is 4.43. The first-order valence-corrected chi connectivity index (χ1v) is 9.44. The van der Waals surface area contributed by atoms with Gasteiger partial charge in [-0.3, -0.25) is 9.59 Å². The standard InChI is InChI=1S/C21H31N3O4/c1-20(2,3)18(26)24(13-17(22)25)16-12-23(19(27)28-21(4,5)6)11-14-9-7-8-10-15(14)16/h7-10,16H,11-13H2,1-6H3,(H2,22,25). The summed E-state index contributed by atoms with van der Waals surface area (Å²) in [6, 6.07) is 7.15. The lowest BCUT2D eigenvalue weighted by Crippen LogP contribution is -2.52. The van der Waals surface area contributed by atoms with Crippen LogP contribution in [0, 0.1) is 5.41 Å². The van der Waals surface area contributed by atoms with Gasteiger partial charge < -0.3 is 20.3 Å². The Labute approximate surface area is 166 Å². The lowest BCUT2D eigenvalue weighted by atomic mass is 9.90. The number of fused-ring (bicyclic) bond motifs is 1. The van der Waals surface area contributed by atoms with Crippen LogP contribution in [0.5, 0.6) is 0 Å². The number of benzene rings is 1. The van der Waals surface area contributed by atoms with Crippen molar-refractivity contribution in [1.82, 2.24) is 9.80 Å². The maximum absolute atomic E-state index is 13.1. The molecule has 1 aromatic carbocycles. The van der Waals surface area contributed by atoms with Crippen molar-refractivity contribution in [2.24, 2.45) is 11.1 Å². The van der Waals surface area contributed by atoms with E-state index in [1.165, 1.54) is 4.90 Å². The second kappa shape index (κ2) is 7.81. The van der Waals surface area contributed by atoms with Crippen LogP contribution in [0.25, 0.3) is 0 Å². The van der Waals surface area contributed by atoms with Crippen molar-refractivity contribution in [3.05, 3.63) is 35.4 Å². The van der Waals surface area contributed by atoms with Gasteiger partial charge in [0, 0.05) is 18.5 Å². The van der Waals surface area contributed by atoms with E-state index < -0.39 is 29.1 Å². The Bertz CT molecular complexity index is 762. The average molecular weight is 389 g/mol. The Kier molecular flexibility index (Phi) is 6.06. The SMILES string of the molecule is CC(C)(C)OC(=O)N1Cc2ccccc2C(N(CC(N)=O)C(=O)C(C)(C)C)C1. The Morgan fingerprint density at radius 3 is 2.29 bits per heavy atom. The summed E-state index contributed by atoms with van der Waals surface area (Å²) in [4.78, 5) is 40.6. The Morgan fingerprint density at radius 1 is 1.14 bits per heavy atom. The average Bonchev–Trinajstić information content (AvgIpc) is 2.55. The quantitative estimate of drug-likeness (QED) is 0.860. The van der Waals surface area contributed by atoms with Crippen LogP contribution in [-0.2, 0) is 20.9 Å². The summed E-state index contributed by atoms with van der Waals surface area (Å²) in [5.74, 6) is -0.790. The van der Waals surface area contributed by atoms with Gasteiger partial charge in [-0.1, -0.05) is 45.0 Å². The highest BCUT2D eigenvalue weighted by Gasteiger charge is 2.39. The number of carbonyl (C=O) groups excluding carboxylic acids is 3. The van der Waals surface area contributed by atoms with Crippen LogP contribution < -0.4 is 5.73 Å². The van der Waals surface area contributed by atoms with E-state index >= 15 is 0 Å². The molecule has 1 heterocycles. The van der Waals surface area contributed by atoms with E-state index in [2.05, 4.69) is 0 Å². The van der Waals surface area contributed by atoms with Crippen LogP contribution in [0.15, 0.2) is 24.3 Å². The lowest BCUT2D eigenvalue weighted by molar-refractivity contribution is -0.145. The van der Waals surface area contributed by atoms with E-state index in [4.69, 9.17) is 10.5 Å². The summed E-state index contributed by atoms with van der Waals surface area (Å²) in [6.07, 6.45) is -0.450. The Hall–Kier alpha value is -2.57. The molecule has 1 aromatic rings. The summed E-state index contributed by atoms with van der Waals surface area (Å²) in [6.45, 7) is 11.2. The summed E-state index contributed by atoms with van der Waals surface area (Å²) >= 11 is 0. The molecule has 2 rings (SSSR count). The first-order valence-electron chi connectivity index (χ1n) is 9.44. The van der Waals surface area contributed by atoms with Crippen molar-refractivity contribution in [2.75, 3.05) is 13.1 Å². The number of nitrogens with two attached hydrogens (primary N) is 1. The molecular weight excluding hydrogens is 358 g/mol. The fourth-order valence-electron chi connectivity index (χ4n) is 3.23. The lowest BCUT2D eigenvalue weighted by Gasteiger charge is -2.42. The van der Waals surface area contributed by atoms with Crippen molar-refractivity contribution in [1.29, 1.82) is 0 Å². The topological polar surface area (TPSA) is 92.9 Å². The zero-order valence-corrected chi connectivity index (χ0v) is 17.6. The van der Waals surface area contributed by atoms with Crippen LogP contribution in [0.1, 0.15) is 58.7 Å². The molecule has 7 nitrogen and oxygen atoms in total. The van der Waals surface area contributed by atoms with E-state index in [-0.39, 0.29) is 19.0 Å². The smallest absolute Gasteiger partial charge is 0.410 e. The minimum atomic E-state index is -0.696. The van der Waals surface area contributed by atoms with Gasteiger partial charge in [-0.05, 0) is 31.9 Å². The molecule has 0 saturated heterocycles. The van der Waals surface area contributed by atoms with Crippen molar-refractivity contribution in [2.45, 2.75) is 59.7 Å². The van der Waals surface area contributed by atoms with Gasteiger partial charge in [-0.25, -0.2) is 4.79 Å². The number of amides is 3. The predicted molar refractivity (Wildman–Crippen MR) is 106 cm³/mol. The molecular formula is C21H31N3O4. The normalized spacial score (nSPS) is 16.9. The molecule has 0 saturated carbocycles. The van der Waals surface area contributed by atoms with Crippen molar-refractivity contribution in [3.63, 3.8) is 0 Å². The number of rotatable bonds is 3. The third-order valence-electron chi connectivity index (χ3n) is 4.43. The van der Waals surface area contributed by atoms with Crippen molar-refractivity contribution in [3.8, 4) is 0 Å². The summed E-state index contributed by atoms with van der Waals surface area (Å²) in [7, 11) is 0. The van der Waals surface area contributed by atoms with Crippen LogP contribution in [0.4, 0.5) is 4.79 Å². The largest absolute Gasteiger partial charge is 0.444 e. The van der Waals surface area contributed by atoms with Gasteiger partial charge in [-0.15, -0.1) is 0 Å². The minimum Gasteiger partial charge on any atom is -0.444 e. The highest BCUT2D eigenvalue weighted by Crippen LogP contribution is 2.34. The molecule has 0 aliphatic carbocycles. The van der Waals surface area contributed by atoms with Gasteiger partial charge in [0.05, 0.1) is 6.04 Å². The number of hydrogen-bond acceptors (Lipinski definition) is 4. The first kappa shape index (κ1) is 21.7. The number of nitrogens with zero attached hydrogens (tertiary/aromatic N) is 2. The minimum absolute atomic E-state index is 0.197. The van der Waals surface area contributed by atoms with E-state index in [9.17, 15) is 14.4 Å². The summed E-state index contributed by atoms with van der Waals surface area (Å²) in [5.41, 5.74) is 5.95. The summed E-state index contributed by atoms with van der Waals surface area (Å²) in [5, 5.41) is 0. The van der Waals surface area contributed by atoms with Gasteiger partial charge in [0.2, 0.25) is 11.8 Å². The van der Waals surface area contributed by atoms with Crippen molar-refractivity contribution >= 4 is 17.9 Å². The van der Waals surface area contributed by atoms with Gasteiger partial charge in [0.15, 0.2) is 0 Å². The molecule has 2 N–H and O–H groups in total. The zero-order chi connectivity index (χ0) is 21.3. The molecule has 1 unspecified atom stereocenters. The molecule has 0 fully saturated rings. The summed E-state index contributed by atoms with van der Waals surface area (Å²) < 4.78 is 5.52. The molecule has 1 atom stereocenters. The maximum atomic E-state index is 13.1. The van der Waals surface area contributed by atoms with E-state index in [1.807, 2.05) is 45.0 Å². The molecule has 1 aliphatic rings. The van der Waals surface area contributed by atoms with Crippen LogP contribution in [-0.4, -0.2) is 46.4 Å². The van der Waals surface area contributed by atoms with Crippen molar-refractivity contribution < 1.29 is 19.1 Å². The van der Waals surface area contributed by atoms with E-state index in [0.29, 0.717) is 6.54 Å². The second-order valence-electron chi connectivity index (χ2n) is 9.22. The monoisotopic (exact) mass is 389 g/mol. The first-order chi connectivity index (χ1) is 12.8. The Morgan fingerprint density at radius 2 is 1.75 bits per heavy atom. The molecule has 28 heavy (non-hydrogen) atoms. The zero-order valence-electron chi connectivity index (χ0n) is 17.6. The molecule has 7 heteroatoms. The molecule has 0 radical (unpaired) electrons. The predicted octanol–water partition coefficient (Wildman–Crippen LogP) is 2.84. The van der Waals surface area contributed by atoms with Gasteiger partial charge in [-0.2, -0.15) is 0 Å². The fourth-order valence-corrected chi connectivity index (χ4v) is 3.23. The molecule has 0 spiro atoms. The van der Waals surface area contributed by atoms with Gasteiger partial charge in [0.1, 0.15) is 12.1 Å². The highest BCUT2D eigenvalue weighted by molar-refractivity contribution is 5.87. The molecule has 154 valence electrons. The molecule has 0 aromatic heterocycles. The number of primary amides is 1. The number of hydrogen-bond donors (Lipinski definition) is 1. The van der Waals surface area contributed by atoms with Gasteiger partial charge >= 0.3 is 6.09 Å². The van der Waals surface area contributed by atoms with Crippen LogP contribution in [0.2, 0.25) is 0 Å². The van der Waals surface area contributed by atoms with Crippen LogP contribution in [0.3, 0.4) is 0 Å². The maximum Gasteiger partial charge on any atom is 0.410 e. The Balaban J connectivity index is 2.45. The number of ether oxygens (including phenoxy) is 1. The molecule has 1 aliphatic heterocycles.